The van der Waals surface area contributed by atoms with E-state index in [0.717, 1.165) is 32.2 Å². The van der Waals surface area contributed by atoms with Gasteiger partial charge in [0.2, 0.25) is 5.78 Å². The first-order valence-corrected chi connectivity index (χ1v) is 6.60. The second-order valence-electron chi connectivity index (χ2n) is 4.64. The van der Waals surface area contributed by atoms with E-state index in [9.17, 15) is 14.4 Å². The Morgan fingerprint density at radius 3 is 2.45 bits per heavy atom. The number of rotatable bonds is 7. The quantitative estimate of drug-likeness (QED) is 0.328. The summed E-state index contributed by atoms with van der Waals surface area (Å²) in [5.74, 6) is -2.22. The highest BCUT2D eigenvalue weighted by Gasteiger charge is 2.24. The third-order valence-corrected chi connectivity index (χ3v) is 3.12. The Balaban J connectivity index is 2.90. The molecule has 0 aromatic carbocycles. The zero-order valence-corrected chi connectivity index (χ0v) is 12.4. The molecule has 1 heterocycles. The van der Waals surface area contributed by atoms with Gasteiger partial charge in [0, 0.05) is 12.2 Å². The number of hydrogen-bond acceptors (Lipinski definition) is 5. The Morgan fingerprint density at radius 1 is 1.25 bits per heavy atom. The summed E-state index contributed by atoms with van der Waals surface area (Å²) in [5, 5.41) is 4.31. The second kappa shape index (κ2) is 6.98. The minimum Gasteiger partial charge on any atom is -0.463 e. The maximum absolute atomic E-state index is 12.1. The number of aryl methyl sites for hydroxylation is 2. The third kappa shape index (κ3) is 3.53. The van der Waals surface area contributed by atoms with Crippen LogP contribution < -0.4 is 0 Å². The van der Waals surface area contributed by atoms with Crippen LogP contribution >= 0.6 is 0 Å². The molecular weight excluding hydrogens is 260 g/mol. The highest BCUT2D eigenvalue weighted by atomic mass is 16.5. The largest absolute Gasteiger partial charge is 0.463 e. The van der Waals surface area contributed by atoms with Crippen LogP contribution in [-0.4, -0.2) is 34.4 Å². The summed E-state index contributed by atoms with van der Waals surface area (Å²) in [6, 6.07) is 0. The predicted molar refractivity (Wildman–Crippen MR) is 72.6 cm³/mol. The Labute approximate surface area is 118 Å². The predicted octanol–water partition coefficient (Wildman–Crippen LogP) is 1.61. The summed E-state index contributed by atoms with van der Waals surface area (Å²) >= 11 is 0. The maximum Gasteiger partial charge on any atom is 0.374 e. The Morgan fingerprint density at radius 2 is 1.90 bits per heavy atom. The molecule has 0 aliphatic rings. The van der Waals surface area contributed by atoms with Crippen molar-refractivity contribution in [1.29, 1.82) is 0 Å². The number of esters is 1. The van der Waals surface area contributed by atoms with Crippen molar-refractivity contribution >= 4 is 17.5 Å². The molecule has 1 aromatic rings. The van der Waals surface area contributed by atoms with Crippen molar-refractivity contribution in [2.75, 3.05) is 7.11 Å². The lowest BCUT2D eigenvalue weighted by Gasteiger charge is -2.04. The molecule has 0 bridgehead atoms. The third-order valence-electron chi connectivity index (χ3n) is 3.12. The van der Waals surface area contributed by atoms with Crippen molar-refractivity contribution in [3.05, 3.63) is 17.0 Å². The van der Waals surface area contributed by atoms with E-state index in [-0.39, 0.29) is 0 Å². The molecule has 0 spiro atoms. The molecule has 6 heteroatoms. The van der Waals surface area contributed by atoms with Crippen LogP contribution in [0.4, 0.5) is 0 Å². The van der Waals surface area contributed by atoms with Gasteiger partial charge < -0.3 is 4.74 Å². The van der Waals surface area contributed by atoms with Gasteiger partial charge in [0.15, 0.2) is 5.78 Å². The fourth-order valence-electron chi connectivity index (χ4n) is 2.05. The average molecular weight is 280 g/mol. The van der Waals surface area contributed by atoms with Crippen LogP contribution in [0.2, 0.25) is 0 Å². The average Bonchev–Trinajstić information content (AvgIpc) is 2.69. The van der Waals surface area contributed by atoms with Gasteiger partial charge in [-0.15, -0.1) is 0 Å². The van der Waals surface area contributed by atoms with Crippen molar-refractivity contribution in [3.8, 4) is 0 Å². The Hall–Kier alpha value is -1.98. The number of methoxy groups -OCH3 is 1. The summed E-state index contributed by atoms with van der Waals surface area (Å²) < 4.78 is 6.08. The van der Waals surface area contributed by atoms with Gasteiger partial charge in [0.05, 0.1) is 24.8 Å². The normalized spacial score (nSPS) is 10.4. The fourth-order valence-corrected chi connectivity index (χ4v) is 2.05. The topological polar surface area (TPSA) is 78.3 Å². The molecule has 0 unspecified atom stereocenters. The first-order valence-electron chi connectivity index (χ1n) is 6.60. The van der Waals surface area contributed by atoms with Crippen LogP contribution in [0.15, 0.2) is 0 Å². The minimum atomic E-state index is -0.993. The van der Waals surface area contributed by atoms with Crippen molar-refractivity contribution in [3.63, 3.8) is 0 Å². The second-order valence-corrected chi connectivity index (χ2v) is 4.64. The molecule has 0 fully saturated rings. The molecule has 0 saturated heterocycles. The molecule has 0 radical (unpaired) electrons. The molecule has 0 aliphatic carbocycles. The first kappa shape index (κ1) is 16.1. The molecule has 1 aromatic heterocycles. The number of nitrogens with zero attached hydrogens (tertiary/aromatic N) is 2. The molecule has 6 nitrogen and oxygen atoms in total. The highest BCUT2D eigenvalue weighted by Crippen LogP contribution is 2.16. The minimum absolute atomic E-state index is 0.391. The molecule has 20 heavy (non-hydrogen) atoms. The van der Waals surface area contributed by atoms with Crippen LogP contribution in [0.1, 0.15) is 47.9 Å². The Kier molecular flexibility index (Phi) is 5.61. The lowest BCUT2D eigenvalue weighted by Crippen LogP contribution is -2.20. The molecule has 0 atom stereocenters. The van der Waals surface area contributed by atoms with Gasteiger partial charge in [-0.3, -0.25) is 14.3 Å². The number of aromatic nitrogens is 2. The SMILES string of the molecule is CCCCn1nc(C)c(C(=O)CC(=O)C(=O)OC)c1C. The van der Waals surface area contributed by atoms with E-state index in [1.165, 1.54) is 0 Å². The van der Waals surface area contributed by atoms with Gasteiger partial charge in [-0.25, -0.2) is 4.79 Å². The van der Waals surface area contributed by atoms with Gasteiger partial charge in [0.25, 0.3) is 0 Å². The lowest BCUT2D eigenvalue weighted by molar-refractivity contribution is -0.151. The molecular formula is C14H20N2O4. The summed E-state index contributed by atoms with van der Waals surface area (Å²) in [5.41, 5.74) is 1.75. The van der Waals surface area contributed by atoms with E-state index < -0.39 is 24.0 Å². The number of carbonyl (C=O) groups excluding carboxylic acids is 3. The van der Waals surface area contributed by atoms with E-state index in [4.69, 9.17) is 0 Å². The van der Waals surface area contributed by atoms with E-state index in [0.29, 0.717) is 11.3 Å². The number of Topliss-reactive ketones (excluding diaryl/α,β-unsaturated/α-hetero) is 2. The molecule has 0 N–H and O–H groups in total. The van der Waals surface area contributed by atoms with Crippen molar-refractivity contribution in [2.24, 2.45) is 0 Å². The molecule has 0 aliphatic heterocycles. The Bertz CT molecular complexity index is 532. The highest BCUT2D eigenvalue weighted by molar-refractivity contribution is 6.38. The fraction of sp³-hybridized carbons (Fsp3) is 0.571. The van der Waals surface area contributed by atoms with Gasteiger partial charge >= 0.3 is 5.97 Å². The van der Waals surface area contributed by atoms with Crippen LogP contribution in [0.25, 0.3) is 0 Å². The van der Waals surface area contributed by atoms with Gasteiger partial charge in [-0.1, -0.05) is 13.3 Å². The smallest absolute Gasteiger partial charge is 0.374 e. The number of hydrogen-bond donors (Lipinski definition) is 0. The summed E-state index contributed by atoms with van der Waals surface area (Å²) in [7, 11) is 1.12. The van der Waals surface area contributed by atoms with Crippen LogP contribution in [0, 0.1) is 13.8 Å². The van der Waals surface area contributed by atoms with E-state index in [1.807, 2.05) is 0 Å². The molecule has 0 amide bonds. The standard InChI is InChI=1S/C14H20N2O4/c1-5-6-7-16-10(3)13(9(2)15-16)11(17)8-12(18)14(19)20-4/h5-8H2,1-4H3. The first-order chi connectivity index (χ1) is 9.42. The monoisotopic (exact) mass is 280 g/mol. The van der Waals surface area contributed by atoms with E-state index >= 15 is 0 Å². The maximum atomic E-state index is 12.1. The summed E-state index contributed by atoms with van der Waals surface area (Å²) in [6.45, 7) is 6.34. The zero-order chi connectivity index (χ0) is 15.3. The summed E-state index contributed by atoms with van der Waals surface area (Å²) in [4.78, 5) is 34.6. The number of ketones is 2. The molecule has 0 saturated carbocycles. The van der Waals surface area contributed by atoms with Crippen molar-refractivity contribution in [2.45, 2.75) is 46.6 Å². The molecule has 1 rings (SSSR count). The van der Waals surface area contributed by atoms with Gasteiger partial charge in [-0.2, -0.15) is 5.10 Å². The van der Waals surface area contributed by atoms with Crippen molar-refractivity contribution < 1.29 is 19.1 Å². The lowest BCUT2D eigenvalue weighted by atomic mass is 10.0. The summed E-state index contributed by atoms with van der Waals surface area (Å²) in [6.07, 6.45) is 1.52. The number of ether oxygens (including phenoxy) is 1. The van der Waals surface area contributed by atoms with Crippen molar-refractivity contribution in [1.82, 2.24) is 9.78 Å². The zero-order valence-electron chi connectivity index (χ0n) is 12.4. The number of carbonyl (C=O) groups is 3. The van der Waals surface area contributed by atoms with Crippen LogP contribution in [-0.2, 0) is 20.9 Å². The van der Waals surface area contributed by atoms with Gasteiger partial charge in [0.1, 0.15) is 0 Å². The van der Waals surface area contributed by atoms with E-state index in [1.54, 1.807) is 18.5 Å². The molecule has 110 valence electrons. The van der Waals surface area contributed by atoms with Crippen LogP contribution in [0.3, 0.4) is 0 Å². The number of unbranched alkanes of at least 4 members (excludes halogenated alkanes) is 1. The van der Waals surface area contributed by atoms with Gasteiger partial charge in [-0.05, 0) is 20.3 Å². The van der Waals surface area contributed by atoms with Crippen LogP contribution in [0.5, 0.6) is 0 Å². The van der Waals surface area contributed by atoms with E-state index in [2.05, 4.69) is 16.8 Å².